The predicted molar refractivity (Wildman–Crippen MR) is 181 cm³/mol. The molecule has 250 valence electrons. The van der Waals surface area contributed by atoms with E-state index in [0.29, 0.717) is 12.5 Å². The number of likely N-dealkylation sites (N-methyl/N-ethyl adjacent to an activating group) is 1. The van der Waals surface area contributed by atoms with Gasteiger partial charge in [0.1, 0.15) is 5.75 Å². The van der Waals surface area contributed by atoms with Crippen LogP contribution >= 0.6 is 0 Å². The molecular formula is C36H45N5O5S. The highest BCUT2D eigenvalue weighted by Gasteiger charge is 2.65. The van der Waals surface area contributed by atoms with Crippen LogP contribution in [0.1, 0.15) is 84.7 Å². The van der Waals surface area contributed by atoms with Gasteiger partial charge in [-0.2, -0.15) is 12.7 Å². The van der Waals surface area contributed by atoms with Gasteiger partial charge in [-0.1, -0.05) is 25.3 Å². The number of ether oxygens (including phenoxy) is 1. The number of carbonyl (C=O) groups excluding carboxylic acids is 2. The minimum atomic E-state index is -3.96. The summed E-state index contributed by atoms with van der Waals surface area (Å²) in [4.78, 5) is 33.0. The van der Waals surface area contributed by atoms with Crippen molar-refractivity contribution in [1.82, 2.24) is 23.4 Å². The van der Waals surface area contributed by atoms with Gasteiger partial charge in [-0.05, 0) is 86.5 Å². The summed E-state index contributed by atoms with van der Waals surface area (Å²) in [6, 6.07) is 12.4. The van der Waals surface area contributed by atoms with Crippen molar-refractivity contribution < 1.29 is 22.7 Å². The van der Waals surface area contributed by atoms with Crippen molar-refractivity contribution in [2.75, 3.05) is 41.3 Å². The second-order valence-corrected chi connectivity index (χ2v) is 16.7. The molecule has 2 bridgehead atoms. The molecule has 4 heterocycles. The van der Waals surface area contributed by atoms with E-state index in [-0.39, 0.29) is 29.5 Å². The van der Waals surface area contributed by atoms with Crippen LogP contribution in [0.5, 0.6) is 5.75 Å². The van der Waals surface area contributed by atoms with Crippen LogP contribution in [0.15, 0.2) is 36.4 Å². The molecule has 2 unspecified atom stereocenters. The third-order valence-corrected chi connectivity index (χ3v) is 13.2. The monoisotopic (exact) mass is 659 g/mol. The second kappa shape index (κ2) is 11.1. The molecule has 0 spiro atoms. The summed E-state index contributed by atoms with van der Waals surface area (Å²) < 4.78 is 36.4. The smallest absolute Gasteiger partial charge is 0.303 e. The summed E-state index contributed by atoms with van der Waals surface area (Å²) in [7, 11) is 2.67. The van der Waals surface area contributed by atoms with Crippen molar-refractivity contribution in [3.05, 3.63) is 53.1 Å². The Morgan fingerprint density at radius 1 is 0.979 bits per heavy atom. The number of hydrogen-bond donors (Lipinski definition) is 1. The Labute approximate surface area is 277 Å². The lowest BCUT2D eigenvalue weighted by molar-refractivity contribution is -0.143. The van der Waals surface area contributed by atoms with Crippen molar-refractivity contribution in [1.29, 1.82) is 0 Å². The number of likely N-dealkylation sites (tertiary alicyclic amines) is 1. The number of nitrogens with zero attached hydrogens (tertiary/aromatic N) is 4. The zero-order valence-electron chi connectivity index (χ0n) is 27.8. The van der Waals surface area contributed by atoms with Crippen LogP contribution in [0.2, 0.25) is 0 Å². The maximum atomic E-state index is 15.0. The number of hydrogen-bond acceptors (Lipinski definition) is 6. The Morgan fingerprint density at radius 3 is 2.38 bits per heavy atom. The Hall–Kier alpha value is -3.41. The van der Waals surface area contributed by atoms with E-state index in [9.17, 15) is 18.0 Å². The second-order valence-electron chi connectivity index (χ2n) is 14.8. The molecule has 10 nitrogen and oxygen atoms in total. The molecule has 2 saturated heterocycles. The summed E-state index contributed by atoms with van der Waals surface area (Å²) >= 11 is 0. The number of fused-ring (bicyclic) bond motifs is 9. The fraction of sp³-hybridized carbons (Fsp3) is 0.556. The largest absolute Gasteiger partial charge is 0.497 e. The van der Waals surface area contributed by atoms with Gasteiger partial charge < -0.3 is 19.1 Å². The van der Waals surface area contributed by atoms with Crippen LogP contribution in [0.4, 0.5) is 0 Å². The zero-order chi connectivity index (χ0) is 32.8. The molecule has 2 aromatic carbocycles. The number of amides is 2. The van der Waals surface area contributed by atoms with Gasteiger partial charge in [-0.3, -0.25) is 9.59 Å². The number of rotatable bonds is 6. The van der Waals surface area contributed by atoms with Gasteiger partial charge in [-0.15, -0.1) is 0 Å². The minimum absolute atomic E-state index is 0.0741. The molecule has 4 fully saturated rings. The quantitative estimate of drug-likeness (QED) is 0.412. The van der Waals surface area contributed by atoms with Crippen molar-refractivity contribution in [3.8, 4) is 17.0 Å². The molecule has 4 atom stereocenters. The summed E-state index contributed by atoms with van der Waals surface area (Å²) in [6.45, 7) is 2.34. The van der Waals surface area contributed by atoms with Gasteiger partial charge in [0.25, 0.3) is 5.91 Å². The molecule has 11 heteroatoms. The van der Waals surface area contributed by atoms with E-state index in [1.54, 1.807) is 13.2 Å². The number of benzene rings is 2. The first-order valence-electron chi connectivity index (χ1n) is 17.1. The van der Waals surface area contributed by atoms with E-state index in [2.05, 4.69) is 38.3 Å². The van der Waals surface area contributed by atoms with Gasteiger partial charge in [0.05, 0.1) is 18.2 Å². The zero-order valence-corrected chi connectivity index (χ0v) is 28.6. The number of carbonyl (C=O) groups is 2. The van der Waals surface area contributed by atoms with Crippen molar-refractivity contribution >= 4 is 32.9 Å². The molecule has 0 radical (unpaired) electrons. The van der Waals surface area contributed by atoms with Gasteiger partial charge in [-0.25, -0.2) is 4.72 Å². The standard InChI is InChI=1S/C36H45N5O5S/c1-38(2)47(44,45)37-34(42)23-10-14-28-31(16-23)40-21-36(35(43)41-24-11-12-25(41)20-39(3)19-24)18-30(36)29-17-26(46-4)13-15-27(29)33(40)32(28)22-8-6-5-7-9-22/h10,13-17,22,24-25,30H,5-9,11-12,18-21H2,1-4H3,(H,37,42)/t24?,25?,30-,36+/m0/s1. The fourth-order valence-corrected chi connectivity index (χ4v) is 9.93. The topological polar surface area (TPSA) is 104 Å². The SMILES string of the molecule is COc1ccc2c(c1)[C@@H]1C[C@@]1(C(=O)N1C3CCC1CN(C)C3)Cn1c-2c(C2CCCCC2)c2ccc(C(=O)NS(=O)(=O)N(C)C)cc21. The average molecular weight is 660 g/mol. The van der Waals surface area contributed by atoms with Crippen LogP contribution in [-0.4, -0.2) is 92.3 Å². The highest BCUT2D eigenvalue weighted by molar-refractivity contribution is 7.87. The highest BCUT2D eigenvalue weighted by Crippen LogP contribution is 2.66. The Kier molecular flexibility index (Phi) is 7.27. The van der Waals surface area contributed by atoms with Crippen LogP contribution in [0, 0.1) is 5.41 Å². The summed E-state index contributed by atoms with van der Waals surface area (Å²) in [5.74, 6) is 0.822. The van der Waals surface area contributed by atoms with Crippen LogP contribution in [0.3, 0.4) is 0 Å². The Balaban J connectivity index is 1.32. The predicted octanol–water partition coefficient (Wildman–Crippen LogP) is 4.69. The van der Waals surface area contributed by atoms with E-state index >= 15 is 0 Å². The van der Waals surface area contributed by atoms with Crippen LogP contribution in [0.25, 0.3) is 22.2 Å². The van der Waals surface area contributed by atoms with Gasteiger partial charge in [0, 0.05) is 73.8 Å². The third kappa shape index (κ3) is 4.83. The maximum absolute atomic E-state index is 15.0. The molecule has 1 aromatic heterocycles. The van der Waals surface area contributed by atoms with Crippen LogP contribution < -0.4 is 9.46 Å². The van der Waals surface area contributed by atoms with E-state index in [4.69, 9.17) is 4.74 Å². The van der Waals surface area contributed by atoms with Crippen molar-refractivity contribution in [3.63, 3.8) is 0 Å². The van der Waals surface area contributed by atoms with Gasteiger partial charge >= 0.3 is 10.2 Å². The maximum Gasteiger partial charge on any atom is 0.303 e. The normalized spacial score (nSPS) is 27.3. The van der Waals surface area contributed by atoms with E-state index in [1.807, 2.05) is 18.2 Å². The van der Waals surface area contributed by atoms with Crippen LogP contribution in [-0.2, 0) is 21.5 Å². The van der Waals surface area contributed by atoms with E-state index < -0.39 is 21.5 Å². The average Bonchev–Trinajstić information content (AvgIpc) is 3.64. The number of methoxy groups -OCH3 is 1. The summed E-state index contributed by atoms with van der Waals surface area (Å²) in [5.41, 5.74) is 5.33. The fourth-order valence-electron chi connectivity index (χ4n) is 9.39. The summed E-state index contributed by atoms with van der Waals surface area (Å²) in [5, 5.41) is 1.09. The number of nitrogens with one attached hydrogen (secondary N) is 1. The first-order valence-corrected chi connectivity index (χ1v) is 18.6. The van der Waals surface area contributed by atoms with Crippen molar-refractivity contribution in [2.24, 2.45) is 5.41 Å². The lowest BCUT2D eigenvalue weighted by Gasteiger charge is -2.41. The first kappa shape index (κ1) is 30.9. The molecule has 2 aliphatic carbocycles. The summed E-state index contributed by atoms with van der Waals surface area (Å²) in [6.07, 6.45) is 8.64. The molecule has 8 rings (SSSR count). The highest BCUT2D eigenvalue weighted by atomic mass is 32.2. The van der Waals surface area contributed by atoms with E-state index in [1.165, 1.54) is 44.5 Å². The Morgan fingerprint density at radius 2 is 1.70 bits per heavy atom. The molecule has 3 aromatic rings. The lowest BCUT2D eigenvalue weighted by Crippen LogP contribution is -2.57. The van der Waals surface area contributed by atoms with Crippen molar-refractivity contribution in [2.45, 2.75) is 81.8 Å². The Bertz CT molecular complexity index is 1880. The lowest BCUT2D eigenvalue weighted by atomic mass is 9.81. The number of aromatic nitrogens is 1. The first-order chi connectivity index (χ1) is 22.5. The van der Waals surface area contributed by atoms with E-state index in [0.717, 1.165) is 77.4 Å². The number of piperazine rings is 1. The molecule has 3 aliphatic heterocycles. The van der Waals surface area contributed by atoms with Gasteiger partial charge in [0.15, 0.2) is 0 Å². The minimum Gasteiger partial charge on any atom is -0.497 e. The van der Waals surface area contributed by atoms with Gasteiger partial charge in [0.2, 0.25) is 5.91 Å². The molecule has 2 saturated carbocycles. The molecule has 47 heavy (non-hydrogen) atoms. The molecule has 2 amide bonds. The molecule has 5 aliphatic rings. The molecule has 1 N–H and O–H groups in total. The third-order valence-electron chi connectivity index (χ3n) is 11.8. The molecular weight excluding hydrogens is 614 g/mol.